The van der Waals surface area contributed by atoms with Crippen LogP contribution in [0.3, 0.4) is 0 Å². The number of nitrogens with zero attached hydrogens (tertiary/aromatic N) is 6. The fourth-order valence-electron chi connectivity index (χ4n) is 0.500. The minimum atomic E-state index is 0. The van der Waals surface area contributed by atoms with Gasteiger partial charge in [-0.2, -0.15) is 0 Å². The molecule has 0 saturated carbocycles. The van der Waals surface area contributed by atoms with Crippen LogP contribution in [0.5, 0.6) is 0 Å². The fraction of sp³-hybridized carbons (Fsp3) is 0. The predicted octanol–water partition coefficient (Wildman–Crippen LogP) is 0.275. The van der Waals surface area contributed by atoms with Gasteiger partial charge < -0.3 is 0 Å². The van der Waals surface area contributed by atoms with Crippen LogP contribution in [0.2, 0.25) is 0 Å². The highest BCUT2D eigenvalue weighted by atomic mass is 31.0. The van der Waals surface area contributed by atoms with E-state index in [1.807, 2.05) is 0 Å². The van der Waals surface area contributed by atoms with Crippen molar-refractivity contribution in [1.82, 2.24) is 46.2 Å². The van der Waals surface area contributed by atoms with E-state index in [9.17, 15) is 0 Å². The van der Waals surface area contributed by atoms with Gasteiger partial charge in [0.2, 0.25) is 0 Å². The molecule has 0 unspecified atom stereocenters. The standard InChI is InChI=1S/3C2H3N3.P/c3*1-2-4-5-3-1;/h3*1-2H,(H,3,4,5);. The summed E-state index contributed by atoms with van der Waals surface area (Å²) in [7, 11) is 0. The zero-order valence-electron chi connectivity index (χ0n) is 8.09. The van der Waals surface area contributed by atoms with Crippen molar-refractivity contribution < 1.29 is 0 Å². The fourth-order valence-corrected chi connectivity index (χ4v) is 0.500. The summed E-state index contributed by atoms with van der Waals surface area (Å²) in [6.07, 6.45) is 9.71. The van der Waals surface area contributed by atoms with E-state index in [1.54, 1.807) is 37.2 Å². The van der Waals surface area contributed by atoms with Gasteiger partial charge in [-0.15, -0.1) is 15.3 Å². The van der Waals surface area contributed by atoms with Crippen LogP contribution < -0.4 is 0 Å². The second kappa shape index (κ2) is 10.9. The van der Waals surface area contributed by atoms with Crippen LogP contribution in [0.15, 0.2) is 37.2 Å². The van der Waals surface area contributed by atoms with E-state index < -0.39 is 0 Å². The van der Waals surface area contributed by atoms with E-state index in [0.29, 0.717) is 0 Å². The molecule has 0 spiro atoms. The highest BCUT2D eigenvalue weighted by Crippen LogP contribution is 1.56. The summed E-state index contributed by atoms with van der Waals surface area (Å²) < 4.78 is 0. The third kappa shape index (κ3) is 8.45. The zero-order chi connectivity index (χ0) is 10.6. The first-order chi connectivity index (χ1) is 7.50. The average molecular weight is 238 g/mol. The molecule has 16 heavy (non-hydrogen) atoms. The normalized spacial score (nSPS) is 7.50. The first-order valence-corrected chi connectivity index (χ1v) is 3.91. The smallest absolute Gasteiger partial charge is 0.0690 e. The average Bonchev–Trinajstić information content (AvgIpc) is 3.09. The first kappa shape index (κ1) is 13.8. The summed E-state index contributed by atoms with van der Waals surface area (Å²) >= 11 is 0. The monoisotopic (exact) mass is 238 g/mol. The van der Waals surface area contributed by atoms with Crippen molar-refractivity contribution in [1.29, 1.82) is 0 Å². The largest absolute Gasteiger partial charge is 0.266 e. The van der Waals surface area contributed by atoms with E-state index in [1.165, 1.54) is 0 Å². The summed E-state index contributed by atoms with van der Waals surface area (Å²) in [5.74, 6) is 0. The molecule has 83 valence electrons. The van der Waals surface area contributed by atoms with Gasteiger partial charge in [-0.1, -0.05) is 15.6 Å². The molecule has 0 bridgehead atoms. The number of H-pyrrole nitrogens is 3. The molecule has 0 amide bonds. The van der Waals surface area contributed by atoms with E-state index in [2.05, 4.69) is 46.2 Å². The molecule has 3 aromatic heterocycles. The van der Waals surface area contributed by atoms with Crippen molar-refractivity contribution in [3.8, 4) is 0 Å². The predicted molar refractivity (Wildman–Crippen MR) is 56.1 cm³/mol. The van der Waals surface area contributed by atoms with Crippen molar-refractivity contribution in [2.75, 3.05) is 0 Å². The molecule has 9 nitrogen and oxygen atoms in total. The number of rotatable bonds is 0. The lowest BCUT2D eigenvalue weighted by Gasteiger charge is -1.46. The molecule has 0 aromatic carbocycles. The topological polar surface area (TPSA) is 125 Å². The number of aromatic nitrogens is 9. The molecule has 0 aliphatic heterocycles. The van der Waals surface area contributed by atoms with Gasteiger partial charge in [0.05, 0.1) is 18.6 Å². The van der Waals surface area contributed by atoms with Gasteiger partial charge in [0, 0.05) is 28.5 Å². The van der Waals surface area contributed by atoms with Crippen LogP contribution in [0.4, 0.5) is 0 Å². The molecule has 3 N–H and O–H groups in total. The Hall–Kier alpha value is -2.15. The second-order valence-electron chi connectivity index (χ2n) is 1.98. The van der Waals surface area contributed by atoms with E-state index in [-0.39, 0.29) is 9.90 Å². The van der Waals surface area contributed by atoms with Crippen molar-refractivity contribution in [3.63, 3.8) is 0 Å². The van der Waals surface area contributed by atoms with Gasteiger partial charge in [0.25, 0.3) is 0 Å². The lowest BCUT2D eigenvalue weighted by Crippen LogP contribution is -1.61. The molecule has 0 atom stereocenters. The van der Waals surface area contributed by atoms with Gasteiger partial charge in [0.15, 0.2) is 0 Å². The van der Waals surface area contributed by atoms with E-state index >= 15 is 0 Å². The van der Waals surface area contributed by atoms with Crippen molar-refractivity contribution >= 4 is 9.90 Å². The van der Waals surface area contributed by atoms with Crippen LogP contribution in [-0.2, 0) is 0 Å². The maximum absolute atomic E-state index is 3.42. The number of aromatic amines is 3. The Kier molecular flexibility index (Phi) is 9.46. The molecule has 3 radical (unpaired) electrons. The summed E-state index contributed by atoms with van der Waals surface area (Å²) in [5, 5.41) is 27.8. The first-order valence-electron chi connectivity index (χ1n) is 3.91. The number of nitrogens with one attached hydrogen (secondary N) is 3. The van der Waals surface area contributed by atoms with Gasteiger partial charge in [-0.3, -0.25) is 15.3 Å². The molecule has 3 aromatic rings. The third-order valence-electron chi connectivity index (χ3n) is 0.994. The molecule has 0 aliphatic carbocycles. The Balaban J connectivity index is 0.000000205. The Morgan fingerprint density at radius 2 is 0.875 bits per heavy atom. The van der Waals surface area contributed by atoms with Gasteiger partial charge in [0.1, 0.15) is 0 Å². The summed E-state index contributed by atoms with van der Waals surface area (Å²) in [5.41, 5.74) is 0. The Morgan fingerprint density at radius 1 is 0.562 bits per heavy atom. The Labute approximate surface area is 94.1 Å². The Morgan fingerprint density at radius 3 is 0.938 bits per heavy atom. The Bertz CT molecular complexity index is 252. The van der Waals surface area contributed by atoms with Crippen LogP contribution in [0.1, 0.15) is 0 Å². The van der Waals surface area contributed by atoms with Gasteiger partial charge in [-0.05, 0) is 0 Å². The van der Waals surface area contributed by atoms with Crippen LogP contribution in [-0.4, -0.2) is 46.2 Å². The summed E-state index contributed by atoms with van der Waals surface area (Å²) in [6.45, 7) is 0. The molecular formula is C6H9N9P. The maximum Gasteiger partial charge on any atom is 0.0690 e. The molecule has 0 saturated heterocycles. The lowest BCUT2D eigenvalue weighted by atomic mass is 11.0. The van der Waals surface area contributed by atoms with Crippen LogP contribution in [0, 0.1) is 0 Å². The highest BCUT2D eigenvalue weighted by molar-refractivity contribution is 6.92. The zero-order valence-corrected chi connectivity index (χ0v) is 8.99. The maximum atomic E-state index is 3.42. The quantitative estimate of drug-likeness (QED) is 0.483. The second-order valence-corrected chi connectivity index (χ2v) is 1.98. The molecule has 3 heterocycles. The van der Waals surface area contributed by atoms with Crippen molar-refractivity contribution in [2.24, 2.45) is 0 Å². The van der Waals surface area contributed by atoms with Gasteiger partial charge >= 0.3 is 0 Å². The SMILES string of the molecule is [P].c1c[nH]nn1.c1c[nH]nn1.c1c[nH]nn1. The van der Waals surface area contributed by atoms with Crippen LogP contribution >= 0.6 is 9.90 Å². The molecule has 0 aliphatic rings. The molecular weight excluding hydrogens is 229 g/mol. The minimum Gasteiger partial charge on any atom is -0.266 e. The summed E-state index contributed by atoms with van der Waals surface area (Å²) in [4.78, 5) is 0. The van der Waals surface area contributed by atoms with Crippen molar-refractivity contribution in [3.05, 3.63) is 37.2 Å². The van der Waals surface area contributed by atoms with Crippen LogP contribution in [0.25, 0.3) is 0 Å². The van der Waals surface area contributed by atoms with E-state index in [4.69, 9.17) is 0 Å². The van der Waals surface area contributed by atoms with E-state index in [0.717, 1.165) is 0 Å². The minimum absolute atomic E-state index is 0. The molecule has 10 heteroatoms. The molecule has 0 fully saturated rings. The number of hydrogen-bond acceptors (Lipinski definition) is 6. The number of hydrogen-bond donors (Lipinski definition) is 3. The summed E-state index contributed by atoms with van der Waals surface area (Å²) in [6, 6.07) is 0. The molecule has 3 rings (SSSR count). The lowest BCUT2D eigenvalue weighted by molar-refractivity contribution is 0.940. The van der Waals surface area contributed by atoms with Gasteiger partial charge in [-0.25, -0.2) is 0 Å². The highest BCUT2D eigenvalue weighted by Gasteiger charge is 1.58. The third-order valence-corrected chi connectivity index (χ3v) is 0.994. The van der Waals surface area contributed by atoms with Crippen molar-refractivity contribution in [2.45, 2.75) is 0 Å².